The summed E-state index contributed by atoms with van der Waals surface area (Å²) in [6.45, 7) is 10.5. The third-order valence-electron chi connectivity index (χ3n) is 5.35. The SMILES string of the molecule is CCCCCCCCc1c(C)nn(C(=O)COc2ccccc2C(C)C)c1C. The van der Waals surface area contributed by atoms with Crippen LogP contribution in [0.3, 0.4) is 0 Å². The van der Waals surface area contributed by atoms with Gasteiger partial charge in [-0.25, -0.2) is 4.68 Å². The molecular formula is C24H36N2O2. The number of unbranched alkanes of at least 4 members (excludes halogenated alkanes) is 5. The van der Waals surface area contributed by atoms with Crippen LogP contribution in [0, 0.1) is 13.8 Å². The molecule has 2 aromatic rings. The van der Waals surface area contributed by atoms with Crippen molar-refractivity contribution in [3.05, 3.63) is 46.8 Å². The molecule has 1 aromatic heterocycles. The summed E-state index contributed by atoms with van der Waals surface area (Å²) in [6, 6.07) is 7.91. The van der Waals surface area contributed by atoms with Crippen molar-refractivity contribution in [1.82, 2.24) is 9.78 Å². The van der Waals surface area contributed by atoms with Gasteiger partial charge in [0.05, 0.1) is 5.69 Å². The van der Waals surface area contributed by atoms with Gasteiger partial charge in [-0.15, -0.1) is 0 Å². The summed E-state index contributed by atoms with van der Waals surface area (Å²) < 4.78 is 7.37. The molecule has 28 heavy (non-hydrogen) atoms. The van der Waals surface area contributed by atoms with Crippen LogP contribution in [-0.4, -0.2) is 22.3 Å². The number of carbonyl (C=O) groups is 1. The van der Waals surface area contributed by atoms with Crippen LogP contribution in [0.1, 0.15) is 92.5 Å². The number of nitrogens with zero attached hydrogens (tertiary/aromatic N) is 2. The Morgan fingerprint density at radius 2 is 1.75 bits per heavy atom. The zero-order valence-electron chi connectivity index (χ0n) is 18.3. The molecule has 0 atom stereocenters. The van der Waals surface area contributed by atoms with Crippen molar-refractivity contribution in [1.29, 1.82) is 0 Å². The Hall–Kier alpha value is -2.10. The van der Waals surface area contributed by atoms with Crippen molar-refractivity contribution in [3.8, 4) is 5.75 Å². The Morgan fingerprint density at radius 1 is 1.07 bits per heavy atom. The third kappa shape index (κ3) is 5.95. The van der Waals surface area contributed by atoms with Crippen LogP contribution in [0.2, 0.25) is 0 Å². The van der Waals surface area contributed by atoms with E-state index in [1.165, 1.54) is 42.3 Å². The van der Waals surface area contributed by atoms with Gasteiger partial charge in [0, 0.05) is 5.69 Å². The number of benzene rings is 1. The van der Waals surface area contributed by atoms with Gasteiger partial charge in [-0.1, -0.05) is 71.1 Å². The van der Waals surface area contributed by atoms with E-state index >= 15 is 0 Å². The molecule has 4 nitrogen and oxygen atoms in total. The van der Waals surface area contributed by atoms with Crippen LogP contribution >= 0.6 is 0 Å². The van der Waals surface area contributed by atoms with Gasteiger partial charge in [-0.05, 0) is 49.8 Å². The minimum absolute atomic E-state index is 0.00213. The average molecular weight is 385 g/mol. The minimum Gasteiger partial charge on any atom is -0.483 e. The van der Waals surface area contributed by atoms with Gasteiger partial charge in [-0.3, -0.25) is 4.79 Å². The van der Waals surface area contributed by atoms with Crippen molar-refractivity contribution in [2.24, 2.45) is 0 Å². The monoisotopic (exact) mass is 384 g/mol. The highest BCUT2D eigenvalue weighted by Crippen LogP contribution is 2.26. The standard InChI is InChI=1S/C24H36N2O2/c1-6-7-8-9-10-11-15-22-19(4)25-26(20(22)5)24(27)17-28-23-16-13-12-14-21(23)18(2)3/h12-14,16,18H,6-11,15,17H2,1-5H3. The fourth-order valence-electron chi connectivity index (χ4n) is 3.65. The average Bonchev–Trinajstić information content (AvgIpc) is 2.97. The molecule has 0 saturated carbocycles. The topological polar surface area (TPSA) is 44.1 Å². The molecule has 0 saturated heterocycles. The van der Waals surface area contributed by atoms with Crippen molar-refractivity contribution in [2.75, 3.05) is 6.61 Å². The number of aryl methyl sites for hydroxylation is 1. The molecule has 0 N–H and O–H groups in total. The summed E-state index contributed by atoms with van der Waals surface area (Å²) in [6.07, 6.45) is 8.61. The van der Waals surface area contributed by atoms with E-state index in [0.29, 0.717) is 5.92 Å². The van der Waals surface area contributed by atoms with Crippen LogP contribution in [0.25, 0.3) is 0 Å². The van der Waals surface area contributed by atoms with Gasteiger partial charge in [0.25, 0.3) is 5.91 Å². The lowest BCUT2D eigenvalue weighted by atomic mass is 10.0. The first-order valence-corrected chi connectivity index (χ1v) is 10.8. The zero-order valence-corrected chi connectivity index (χ0v) is 18.3. The molecule has 0 aliphatic carbocycles. The Labute approximate surface area is 170 Å². The molecule has 0 amide bonds. The van der Waals surface area contributed by atoms with Gasteiger partial charge in [0.1, 0.15) is 5.75 Å². The molecule has 4 heteroatoms. The van der Waals surface area contributed by atoms with Gasteiger partial charge in [0.2, 0.25) is 0 Å². The van der Waals surface area contributed by atoms with Crippen molar-refractivity contribution in [2.45, 2.75) is 85.5 Å². The maximum absolute atomic E-state index is 12.7. The number of carbonyl (C=O) groups excluding carboxylic acids is 1. The number of para-hydroxylation sites is 1. The smallest absolute Gasteiger partial charge is 0.284 e. The summed E-state index contributed by atoms with van der Waals surface area (Å²) in [5, 5.41) is 4.50. The molecule has 2 rings (SSSR count). The van der Waals surface area contributed by atoms with Crippen LogP contribution in [0.15, 0.2) is 24.3 Å². The largest absolute Gasteiger partial charge is 0.483 e. The van der Waals surface area contributed by atoms with E-state index in [4.69, 9.17) is 4.74 Å². The van der Waals surface area contributed by atoms with Gasteiger partial charge < -0.3 is 4.74 Å². The molecule has 0 radical (unpaired) electrons. The molecule has 154 valence electrons. The maximum Gasteiger partial charge on any atom is 0.284 e. The fraction of sp³-hybridized carbons (Fsp3) is 0.583. The number of rotatable bonds is 11. The Morgan fingerprint density at radius 3 is 2.46 bits per heavy atom. The van der Waals surface area contributed by atoms with Crippen LogP contribution < -0.4 is 4.74 Å². The normalized spacial score (nSPS) is 11.2. The van der Waals surface area contributed by atoms with E-state index in [9.17, 15) is 4.79 Å². The Balaban J connectivity index is 1.95. The van der Waals surface area contributed by atoms with Crippen molar-refractivity contribution < 1.29 is 9.53 Å². The van der Waals surface area contributed by atoms with E-state index in [2.05, 4.69) is 25.9 Å². The van der Waals surface area contributed by atoms with Crippen LogP contribution in [-0.2, 0) is 6.42 Å². The van der Waals surface area contributed by atoms with Gasteiger partial charge >= 0.3 is 0 Å². The highest BCUT2D eigenvalue weighted by Gasteiger charge is 2.17. The molecule has 0 bridgehead atoms. The molecule has 1 aromatic carbocycles. The van der Waals surface area contributed by atoms with Crippen LogP contribution in [0.4, 0.5) is 0 Å². The second kappa shape index (κ2) is 11.0. The Kier molecular flexibility index (Phi) is 8.75. The molecule has 0 aliphatic heterocycles. The summed E-state index contributed by atoms with van der Waals surface area (Å²) in [7, 11) is 0. The predicted octanol–water partition coefficient (Wildman–Crippen LogP) is 6.25. The molecule has 0 unspecified atom stereocenters. The van der Waals surface area contributed by atoms with Crippen molar-refractivity contribution >= 4 is 5.91 Å². The first-order chi connectivity index (χ1) is 13.5. The lowest BCUT2D eigenvalue weighted by Gasteiger charge is -2.13. The van der Waals surface area contributed by atoms with Crippen molar-refractivity contribution in [3.63, 3.8) is 0 Å². The number of ether oxygens (including phenoxy) is 1. The molecule has 0 fully saturated rings. The van der Waals surface area contributed by atoms with E-state index in [1.54, 1.807) is 0 Å². The number of hydrogen-bond donors (Lipinski definition) is 0. The van der Waals surface area contributed by atoms with Gasteiger partial charge in [-0.2, -0.15) is 5.10 Å². The summed E-state index contributed by atoms with van der Waals surface area (Å²) in [5.74, 6) is 1.01. The quantitative estimate of drug-likeness (QED) is 0.430. The molecule has 0 spiro atoms. The van der Waals surface area contributed by atoms with E-state index in [1.807, 2.05) is 38.1 Å². The van der Waals surface area contributed by atoms with E-state index in [0.717, 1.165) is 35.5 Å². The first-order valence-electron chi connectivity index (χ1n) is 10.8. The number of hydrogen-bond acceptors (Lipinski definition) is 3. The maximum atomic E-state index is 12.7. The van der Waals surface area contributed by atoms with Gasteiger partial charge in [0.15, 0.2) is 6.61 Å². The summed E-state index contributed by atoms with van der Waals surface area (Å²) in [4.78, 5) is 12.7. The number of aromatic nitrogens is 2. The lowest BCUT2D eigenvalue weighted by molar-refractivity contribution is 0.0817. The lowest BCUT2D eigenvalue weighted by Crippen LogP contribution is -2.22. The van der Waals surface area contributed by atoms with Crippen LogP contribution in [0.5, 0.6) is 5.75 Å². The van der Waals surface area contributed by atoms with E-state index < -0.39 is 0 Å². The molecule has 0 aliphatic rings. The highest BCUT2D eigenvalue weighted by molar-refractivity contribution is 5.80. The highest BCUT2D eigenvalue weighted by atomic mass is 16.5. The summed E-state index contributed by atoms with van der Waals surface area (Å²) >= 11 is 0. The molecule has 1 heterocycles. The third-order valence-corrected chi connectivity index (χ3v) is 5.35. The molecular weight excluding hydrogens is 348 g/mol. The predicted molar refractivity (Wildman–Crippen MR) is 115 cm³/mol. The zero-order chi connectivity index (χ0) is 20.5. The Bertz CT molecular complexity index is 762. The fourth-order valence-corrected chi connectivity index (χ4v) is 3.65. The first kappa shape index (κ1) is 22.2. The summed E-state index contributed by atoms with van der Waals surface area (Å²) in [5.41, 5.74) is 4.25. The minimum atomic E-state index is -0.117. The second-order valence-corrected chi connectivity index (χ2v) is 7.95. The second-order valence-electron chi connectivity index (χ2n) is 7.95. The van der Waals surface area contributed by atoms with E-state index in [-0.39, 0.29) is 12.5 Å².